The molecule has 0 fully saturated rings. The first kappa shape index (κ1) is 15.8. The van der Waals surface area contributed by atoms with Crippen molar-refractivity contribution in [3.63, 3.8) is 0 Å². The second-order valence-electron chi connectivity index (χ2n) is 4.61. The molecule has 0 spiro atoms. The molecule has 2 rings (SSSR count). The van der Waals surface area contributed by atoms with Gasteiger partial charge in [-0.25, -0.2) is 9.97 Å². The van der Waals surface area contributed by atoms with E-state index in [9.17, 15) is 0 Å². The number of rotatable bonds is 8. The highest BCUT2D eigenvalue weighted by molar-refractivity contribution is 5.73. The van der Waals surface area contributed by atoms with E-state index in [1.54, 1.807) is 14.2 Å². The van der Waals surface area contributed by atoms with Crippen LogP contribution in [0.4, 0.5) is 17.3 Å². The Morgan fingerprint density at radius 2 is 1.73 bits per heavy atom. The number of hydrogen-bond acceptors (Lipinski definition) is 7. The van der Waals surface area contributed by atoms with Gasteiger partial charge in [0.2, 0.25) is 0 Å². The minimum Gasteiger partial charge on any atom is -0.497 e. The summed E-state index contributed by atoms with van der Waals surface area (Å²) >= 11 is 0. The number of nitrogens with two attached hydrogens (primary N) is 1. The predicted octanol–water partition coefficient (Wildman–Crippen LogP) is 1.74. The van der Waals surface area contributed by atoms with Crippen LogP contribution >= 0.6 is 0 Å². The molecule has 1 heterocycles. The summed E-state index contributed by atoms with van der Waals surface area (Å²) in [6, 6.07) is 7.80. The summed E-state index contributed by atoms with van der Waals surface area (Å²) < 4.78 is 10.1. The van der Waals surface area contributed by atoms with Gasteiger partial charge < -0.3 is 25.8 Å². The molecule has 4 N–H and O–H groups in total. The number of aromatic nitrogens is 2. The first-order valence-electron chi connectivity index (χ1n) is 6.94. The molecular weight excluding hydrogens is 282 g/mol. The summed E-state index contributed by atoms with van der Waals surface area (Å²) in [5.74, 6) is 2.03. The summed E-state index contributed by atoms with van der Waals surface area (Å²) in [7, 11) is 3.29. The van der Waals surface area contributed by atoms with Crippen LogP contribution in [0, 0.1) is 0 Å². The predicted molar refractivity (Wildman–Crippen MR) is 87.1 cm³/mol. The Hall–Kier alpha value is -2.54. The summed E-state index contributed by atoms with van der Waals surface area (Å²) in [6.45, 7) is 1.83. The Balaban J connectivity index is 1.98. The number of benzene rings is 1. The zero-order valence-electron chi connectivity index (χ0n) is 12.8. The normalized spacial score (nSPS) is 10.3. The van der Waals surface area contributed by atoms with Crippen LogP contribution in [0.1, 0.15) is 5.56 Å². The maximum absolute atomic E-state index is 6.06. The largest absolute Gasteiger partial charge is 0.497 e. The van der Waals surface area contributed by atoms with Crippen LogP contribution in [0.15, 0.2) is 30.6 Å². The maximum Gasteiger partial charge on any atom is 0.155 e. The molecule has 0 radical (unpaired) electrons. The Bertz CT molecular complexity index is 589. The lowest BCUT2D eigenvalue weighted by molar-refractivity contribution is 0.210. The smallest absolute Gasteiger partial charge is 0.155 e. The first-order valence-corrected chi connectivity index (χ1v) is 6.94. The van der Waals surface area contributed by atoms with E-state index in [-0.39, 0.29) is 0 Å². The van der Waals surface area contributed by atoms with Crippen molar-refractivity contribution in [1.29, 1.82) is 0 Å². The van der Waals surface area contributed by atoms with Crippen LogP contribution in [0.25, 0.3) is 0 Å². The van der Waals surface area contributed by atoms with Gasteiger partial charge in [0.25, 0.3) is 0 Å². The third-order valence-corrected chi connectivity index (χ3v) is 3.10. The Morgan fingerprint density at radius 3 is 2.36 bits per heavy atom. The van der Waals surface area contributed by atoms with Crippen molar-refractivity contribution < 1.29 is 9.47 Å². The number of methoxy groups -OCH3 is 2. The van der Waals surface area contributed by atoms with E-state index in [2.05, 4.69) is 20.6 Å². The van der Waals surface area contributed by atoms with Gasteiger partial charge in [0.05, 0.1) is 13.7 Å². The van der Waals surface area contributed by atoms with Gasteiger partial charge in [-0.3, -0.25) is 0 Å². The summed E-state index contributed by atoms with van der Waals surface area (Å²) in [5, 5.41) is 6.32. The highest BCUT2D eigenvalue weighted by Crippen LogP contribution is 2.23. The van der Waals surface area contributed by atoms with E-state index in [0.29, 0.717) is 37.0 Å². The molecular formula is C15H21N5O2. The van der Waals surface area contributed by atoms with Gasteiger partial charge in [0.1, 0.15) is 17.8 Å². The molecule has 0 aliphatic rings. The zero-order chi connectivity index (χ0) is 15.8. The molecule has 22 heavy (non-hydrogen) atoms. The van der Waals surface area contributed by atoms with Gasteiger partial charge in [0, 0.05) is 20.2 Å². The minimum atomic E-state index is 0.493. The van der Waals surface area contributed by atoms with Gasteiger partial charge >= 0.3 is 0 Å². The fourth-order valence-electron chi connectivity index (χ4n) is 1.88. The number of hydrogen-bond donors (Lipinski definition) is 3. The van der Waals surface area contributed by atoms with Gasteiger partial charge in [-0.2, -0.15) is 0 Å². The first-order chi connectivity index (χ1) is 10.7. The van der Waals surface area contributed by atoms with Crippen molar-refractivity contribution in [3.05, 3.63) is 36.2 Å². The molecule has 0 aliphatic carbocycles. The lowest BCUT2D eigenvalue weighted by Crippen LogP contribution is -2.13. The number of nitrogens with zero attached hydrogens (tertiary/aromatic N) is 2. The van der Waals surface area contributed by atoms with E-state index < -0.39 is 0 Å². The van der Waals surface area contributed by atoms with Crippen LogP contribution in [-0.2, 0) is 11.3 Å². The van der Waals surface area contributed by atoms with Gasteiger partial charge in [-0.15, -0.1) is 0 Å². The number of ether oxygens (including phenoxy) is 2. The molecule has 0 saturated carbocycles. The molecule has 0 amide bonds. The molecule has 7 heteroatoms. The molecule has 0 aliphatic heterocycles. The molecule has 1 aromatic carbocycles. The van der Waals surface area contributed by atoms with Gasteiger partial charge in [-0.1, -0.05) is 12.1 Å². The van der Waals surface area contributed by atoms with Crippen molar-refractivity contribution in [2.75, 3.05) is 43.7 Å². The average molecular weight is 303 g/mol. The number of anilines is 3. The lowest BCUT2D eigenvalue weighted by atomic mass is 10.2. The Kier molecular flexibility index (Phi) is 5.79. The third-order valence-electron chi connectivity index (χ3n) is 3.10. The topological polar surface area (TPSA) is 94.3 Å². The Labute approximate surface area is 129 Å². The Morgan fingerprint density at radius 1 is 1.05 bits per heavy atom. The maximum atomic E-state index is 6.06. The van der Waals surface area contributed by atoms with Gasteiger partial charge in [-0.05, 0) is 17.7 Å². The zero-order valence-corrected chi connectivity index (χ0v) is 12.8. The van der Waals surface area contributed by atoms with E-state index in [0.717, 1.165) is 11.3 Å². The van der Waals surface area contributed by atoms with Crippen molar-refractivity contribution in [1.82, 2.24) is 9.97 Å². The molecule has 1 aromatic heterocycles. The van der Waals surface area contributed by atoms with E-state index in [1.807, 2.05) is 24.3 Å². The summed E-state index contributed by atoms with van der Waals surface area (Å²) in [6.07, 6.45) is 1.47. The highest BCUT2D eigenvalue weighted by Gasteiger charge is 2.07. The quantitative estimate of drug-likeness (QED) is 0.639. The molecule has 7 nitrogen and oxygen atoms in total. The van der Waals surface area contributed by atoms with Crippen molar-refractivity contribution in [3.8, 4) is 5.75 Å². The standard InChI is InChI=1S/C15H21N5O2/c1-21-8-7-17-14-13(16)15(20-10-19-14)18-9-11-3-5-12(22-2)6-4-11/h3-6,10H,7-9,16H2,1-2H3,(H2,17,18,19,20). The molecule has 118 valence electrons. The van der Waals surface area contributed by atoms with Crippen LogP contribution in [0.3, 0.4) is 0 Å². The van der Waals surface area contributed by atoms with E-state index in [1.165, 1.54) is 6.33 Å². The van der Waals surface area contributed by atoms with Crippen molar-refractivity contribution in [2.24, 2.45) is 0 Å². The SMILES string of the molecule is COCCNc1ncnc(NCc2ccc(OC)cc2)c1N. The lowest BCUT2D eigenvalue weighted by Gasteiger charge is -2.12. The van der Waals surface area contributed by atoms with Crippen LogP contribution < -0.4 is 21.1 Å². The van der Waals surface area contributed by atoms with Gasteiger partial charge in [0.15, 0.2) is 11.6 Å². The number of nitrogen functional groups attached to an aromatic ring is 1. The monoisotopic (exact) mass is 303 g/mol. The third kappa shape index (κ3) is 4.23. The highest BCUT2D eigenvalue weighted by atomic mass is 16.5. The molecule has 0 unspecified atom stereocenters. The average Bonchev–Trinajstić information content (AvgIpc) is 2.56. The number of nitrogens with one attached hydrogen (secondary N) is 2. The van der Waals surface area contributed by atoms with Crippen LogP contribution in [0.2, 0.25) is 0 Å². The van der Waals surface area contributed by atoms with E-state index in [4.69, 9.17) is 15.2 Å². The molecule has 0 atom stereocenters. The van der Waals surface area contributed by atoms with Crippen LogP contribution in [-0.4, -0.2) is 37.3 Å². The van der Waals surface area contributed by atoms with Crippen molar-refractivity contribution in [2.45, 2.75) is 6.54 Å². The van der Waals surface area contributed by atoms with E-state index >= 15 is 0 Å². The second-order valence-corrected chi connectivity index (χ2v) is 4.61. The fourth-order valence-corrected chi connectivity index (χ4v) is 1.88. The summed E-state index contributed by atoms with van der Waals surface area (Å²) in [5.41, 5.74) is 7.66. The molecule has 0 saturated heterocycles. The van der Waals surface area contributed by atoms with Crippen molar-refractivity contribution >= 4 is 17.3 Å². The van der Waals surface area contributed by atoms with Crippen LogP contribution in [0.5, 0.6) is 5.75 Å². The molecule has 2 aromatic rings. The minimum absolute atomic E-state index is 0.493. The summed E-state index contributed by atoms with van der Waals surface area (Å²) in [4.78, 5) is 8.30. The fraction of sp³-hybridized carbons (Fsp3) is 0.333. The molecule has 0 bridgehead atoms. The second kappa shape index (κ2) is 8.04.